The predicted octanol–water partition coefficient (Wildman–Crippen LogP) is 3.02. The summed E-state index contributed by atoms with van der Waals surface area (Å²) in [4.78, 5) is 4.04. The number of hydrogen-bond acceptors (Lipinski definition) is 2. The number of guanidine groups is 1. The van der Waals surface area contributed by atoms with E-state index < -0.39 is 11.6 Å². The molecule has 4 nitrogen and oxygen atoms in total. The molecule has 0 spiro atoms. The van der Waals surface area contributed by atoms with Crippen molar-refractivity contribution < 1.29 is 13.5 Å². The van der Waals surface area contributed by atoms with Gasteiger partial charge in [-0.25, -0.2) is 8.78 Å². The number of benzene rings is 2. The first kappa shape index (κ1) is 17.7. The molecule has 0 saturated carbocycles. The molecule has 2 N–H and O–H groups in total. The molecule has 0 saturated heterocycles. The number of hydrogen-bond donors (Lipinski definition) is 2. The van der Waals surface area contributed by atoms with Gasteiger partial charge in [-0.15, -0.1) is 0 Å². The van der Waals surface area contributed by atoms with Gasteiger partial charge >= 0.3 is 0 Å². The Morgan fingerprint density at radius 2 is 1.96 bits per heavy atom. The van der Waals surface area contributed by atoms with E-state index in [-0.39, 0.29) is 12.1 Å². The van der Waals surface area contributed by atoms with Gasteiger partial charge in [-0.2, -0.15) is 0 Å². The fourth-order valence-corrected chi connectivity index (χ4v) is 2.12. The van der Waals surface area contributed by atoms with Crippen molar-refractivity contribution >= 4 is 5.96 Å². The van der Waals surface area contributed by atoms with E-state index in [0.29, 0.717) is 19.1 Å². The normalized spacial score (nSPS) is 11.2. The van der Waals surface area contributed by atoms with E-state index >= 15 is 0 Å². The third-order valence-corrected chi connectivity index (χ3v) is 3.33. The standard InChI is InChI=1S/C18H21F2N3O/c1-13-4-3-5-16(10-13)24-9-8-22-18(21-2)23-12-14-11-15(19)6-7-17(14)20/h3-7,10-11H,8-9,12H2,1-2H3,(H2,21,22,23). The van der Waals surface area contributed by atoms with Gasteiger partial charge in [0.1, 0.15) is 24.0 Å². The van der Waals surface area contributed by atoms with Crippen LogP contribution in [0, 0.1) is 18.6 Å². The number of rotatable bonds is 6. The lowest BCUT2D eigenvalue weighted by Gasteiger charge is -2.13. The lowest BCUT2D eigenvalue weighted by Crippen LogP contribution is -2.39. The van der Waals surface area contributed by atoms with Crippen molar-refractivity contribution in [1.82, 2.24) is 10.6 Å². The van der Waals surface area contributed by atoms with Gasteiger partial charge in [-0.3, -0.25) is 4.99 Å². The molecule has 2 aromatic rings. The second kappa shape index (κ2) is 8.86. The first-order valence-corrected chi connectivity index (χ1v) is 7.66. The van der Waals surface area contributed by atoms with Crippen molar-refractivity contribution in [2.24, 2.45) is 4.99 Å². The maximum absolute atomic E-state index is 13.6. The van der Waals surface area contributed by atoms with Crippen LogP contribution >= 0.6 is 0 Å². The zero-order valence-corrected chi connectivity index (χ0v) is 13.8. The molecule has 0 atom stereocenters. The molecule has 0 aliphatic carbocycles. The Bertz CT molecular complexity index is 704. The van der Waals surface area contributed by atoms with Crippen molar-refractivity contribution in [2.75, 3.05) is 20.2 Å². The summed E-state index contributed by atoms with van der Waals surface area (Å²) in [6.45, 7) is 3.13. The molecule has 24 heavy (non-hydrogen) atoms. The third kappa shape index (κ3) is 5.53. The molecular weight excluding hydrogens is 312 g/mol. The molecule has 0 aliphatic rings. The highest BCUT2D eigenvalue weighted by Gasteiger charge is 2.05. The van der Waals surface area contributed by atoms with Gasteiger partial charge in [0.15, 0.2) is 5.96 Å². The van der Waals surface area contributed by atoms with Crippen molar-refractivity contribution in [3.05, 3.63) is 65.2 Å². The first-order valence-electron chi connectivity index (χ1n) is 7.66. The fraction of sp³-hybridized carbons (Fsp3) is 0.278. The molecule has 0 unspecified atom stereocenters. The largest absolute Gasteiger partial charge is 0.492 e. The molecule has 2 rings (SSSR count). The quantitative estimate of drug-likeness (QED) is 0.485. The Kier molecular flexibility index (Phi) is 6.54. The Morgan fingerprint density at radius 1 is 1.12 bits per heavy atom. The zero-order chi connectivity index (χ0) is 17.4. The van der Waals surface area contributed by atoms with Crippen LogP contribution in [0.1, 0.15) is 11.1 Å². The number of aliphatic imine (C=N–C) groups is 1. The SMILES string of the molecule is CN=C(NCCOc1cccc(C)c1)NCc1cc(F)ccc1F. The van der Waals surface area contributed by atoms with Crippen molar-refractivity contribution in [3.8, 4) is 5.75 Å². The van der Waals surface area contributed by atoms with Crippen LogP contribution < -0.4 is 15.4 Å². The highest BCUT2D eigenvalue weighted by atomic mass is 19.1. The van der Waals surface area contributed by atoms with Crippen LogP contribution in [0.4, 0.5) is 8.78 Å². The molecule has 0 radical (unpaired) electrons. The van der Waals surface area contributed by atoms with Gasteiger partial charge in [0.2, 0.25) is 0 Å². The van der Waals surface area contributed by atoms with Crippen LogP contribution in [-0.2, 0) is 6.54 Å². The summed E-state index contributed by atoms with van der Waals surface area (Å²) < 4.78 is 32.3. The molecule has 0 fully saturated rings. The molecule has 0 amide bonds. The Labute approximate surface area is 140 Å². The molecule has 0 bridgehead atoms. The number of ether oxygens (including phenoxy) is 1. The van der Waals surface area contributed by atoms with Gasteiger partial charge in [0, 0.05) is 19.2 Å². The maximum atomic E-state index is 13.6. The maximum Gasteiger partial charge on any atom is 0.191 e. The molecule has 6 heteroatoms. The number of nitrogens with zero attached hydrogens (tertiary/aromatic N) is 1. The lowest BCUT2D eigenvalue weighted by atomic mass is 10.2. The smallest absolute Gasteiger partial charge is 0.191 e. The zero-order valence-electron chi connectivity index (χ0n) is 13.8. The minimum absolute atomic E-state index is 0.141. The summed E-state index contributed by atoms with van der Waals surface area (Å²) in [5.41, 5.74) is 1.38. The minimum atomic E-state index is -0.470. The summed E-state index contributed by atoms with van der Waals surface area (Å²) in [6.07, 6.45) is 0. The Morgan fingerprint density at radius 3 is 2.71 bits per heavy atom. The summed E-state index contributed by atoms with van der Waals surface area (Å²) in [5, 5.41) is 5.99. The average molecular weight is 333 g/mol. The molecule has 2 aromatic carbocycles. The van der Waals surface area contributed by atoms with E-state index in [4.69, 9.17) is 4.74 Å². The fourth-order valence-electron chi connectivity index (χ4n) is 2.12. The van der Waals surface area contributed by atoms with Gasteiger partial charge < -0.3 is 15.4 Å². The second-order valence-electron chi connectivity index (χ2n) is 5.25. The van der Waals surface area contributed by atoms with Crippen LogP contribution in [0.2, 0.25) is 0 Å². The Hall–Kier alpha value is -2.63. The number of halogens is 2. The lowest BCUT2D eigenvalue weighted by molar-refractivity contribution is 0.321. The van der Waals surface area contributed by atoms with Crippen LogP contribution in [-0.4, -0.2) is 26.2 Å². The van der Waals surface area contributed by atoms with Gasteiger partial charge in [0.25, 0.3) is 0 Å². The van der Waals surface area contributed by atoms with E-state index in [1.54, 1.807) is 7.05 Å². The first-order chi connectivity index (χ1) is 11.6. The van der Waals surface area contributed by atoms with Crippen LogP contribution in [0.5, 0.6) is 5.75 Å². The van der Waals surface area contributed by atoms with E-state index in [1.165, 1.54) is 0 Å². The van der Waals surface area contributed by atoms with Gasteiger partial charge in [-0.1, -0.05) is 12.1 Å². The van der Waals surface area contributed by atoms with Gasteiger partial charge in [0.05, 0.1) is 6.54 Å². The second-order valence-corrected chi connectivity index (χ2v) is 5.25. The molecule has 0 heterocycles. The summed E-state index contributed by atoms with van der Waals surface area (Å²) in [7, 11) is 1.61. The minimum Gasteiger partial charge on any atom is -0.492 e. The summed E-state index contributed by atoms with van der Waals surface area (Å²) in [6, 6.07) is 11.2. The van der Waals surface area contributed by atoms with Crippen LogP contribution in [0.15, 0.2) is 47.5 Å². The van der Waals surface area contributed by atoms with E-state index in [1.807, 2.05) is 31.2 Å². The van der Waals surface area contributed by atoms with Crippen LogP contribution in [0.3, 0.4) is 0 Å². The van der Waals surface area contributed by atoms with Crippen LogP contribution in [0.25, 0.3) is 0 Å². The molecule has 128 valence electrons. The number of nitrogens with one attached hydrogen (secondary N) is 2. The summed E-state index contributed by atoms with van der Waals surface area (Å²) >= 11 is 0. The molecule has 0 aromatic heterocycles. The van der Waals surface area contributed by atoms with Crippen molar-refractivity contribution in [2.45, 2.75) is 13.5 Å². The summed E-state index contributed by atoms with van der Waals surface area (Å²) in [5.74, 6) is 0.373. The highest BCUT2D eigenvalue weighted by molar-refractivity contribution is 5.79. The number of aryl methyl sites for hydroxylation is 1. The van der Waals surface area contributed by atoms with E-state index in [9.17, 15) is 8.78 Å². The third-order valence-electron chi connectivity index (χ3n) is 3.33. The van der Waals surface area contributed by atoms with E-state index in [0.717, 1.165) is 29.5 Å². The Balaban J connectivity index is 1.75. The topological polar surface area (TPSA) is 45.7 Å². The van der Waals surface area contributed by atoms with Crippen molar-refractivity contribution in [3.63, 3.8) is 0 Å². The van der Waals surface area contributed by atoms with Crippen molar-refractivity contribution in [1.29, 1.82) is 0 Å². The molecule has 0 aliphatic heterocycles. The molecular formula is C18H21F2N3O. The van der Waals surface area contributed by atoms with E-state index in [2.05, 4.69) is 15.6 Å². The highest BCUT2D eigenvalue weighted by Crippen LogP contribution is 2.11. The monoisotopic (exact) mass is 333 g/mol. The van der Waals surface area contributed by atoms with Gasteiger partial charge in [-0.05, 0) is 42.8 Å². The average Bonchev–Trinajstić information content (AvgIpc) is 2.57. The predicted molar refractivity (Wildman–Crippen MR) is 91.2 cm³/mol.